The van der Waals surface area contributed by atoms with Gasteiger partial charge in [0.25, 0.3) is 15.9 Å². The predicted molar refractivity (Wildman–Crippen MR) is 118 cm³/mol. The molecule has 154 valence electrons. The summed E-state index contributed by atoms with van der Waals surface area (Å²) in [6, 6.07) is 9.83. The fraction of sp³-hybridized carbons (Fsp3) is 0.143. The van der Waals surface area contributed by atoms with E-state index in [1.54, 1.807) is 5.38 Å². The molecule has 30 heavy (non-hydrogen) atoms. The summed E-state index contributed by atoms with van der Waals surface area (Å²) < 4.78 is 33.0. The van der Waals surface area contributed by atoms with Gasteiger partial charge in [-0.05, 0) is 68.3 Å². The monoisotopic (exact) mass is 441 g/mol. The molecule has 1 amide bonds. The molecule has 0 saturated heterocycles. The van der Waals surface area contributed by atoms with Crippen LogP contribution in [0.2, 0.25) is 0 Å². The standard InChI is InChI=1S/C21H19N3O4S2/c1-12-10-17-14(3)19(28-18(17)11-13(12)2)20(25)23-15-4-6-16(7-5-15)30(26,27)24-21-22-8-9-29-21/h4-11H,1-3H3,(H,22,24)(H,23,25). The van der Waals surface area contributed by atoms with Gasteiger partial charge in [-0.15, -0.1) is 11.3 Å². The molecule has 4 aromatic rings. The Morgan fingerprint density at radius 2 is 1.77 bits per heavy atom. The lowest BCUT2D eigenvalue weighted by molar-refractivity contribution is 0.0998. The summed E-state index contributed by atoms with van der Waals surface area (Å²) in [6.07, 6.45) is 1.52. The molecular formula is C21H19N3O4S2. The maximum atomic E-state index is 12.7. The minimum absolute atomic E-state index is 0.0709. The molecule has 0 bridgehead atoms. The van der Waals surface area contributed by atoms with Crippen LogP contribution in [-0.4, -0.2) is 19.3 Å². The van der Waals surface area contributed by atoms with E-state index in [-0.39, 0.29) is 10.7 Å². The van der Waals surface area contributed by atoms with Crippen molar-refractivity contribution in [2.24, 2.45) is 0 Å². The largest absolute Gasteiger partial charge is 0.451 e. The molecule has 4 rings (SSSR count). The zero-order chi connectivity index (χ0) is 21.5. The first-order valence-corrected chi connectivity index (χ1v) is 11.4. The summed E-state index contributed by atoms with van der Waals surface area (Å²) in [6.45, 7) is 5.85. The van der Waals surface area contributed by atoms with Crippen molar-refractivity contribution in [2.75, 3.05) is 10.0 Å². The second-order valence-corrected chi connectivity index (χ2v) is 9.49. The van der Waals surface area contributed by atoms with Crippen molar-refractivity contribution < 1.29 is 17.6 Å². The van der Waals surface area contributed by atoms with Gasteiger partial charge in [-0.1, -0.05) is 0 Å². The third-order valence-electron chi connectivity index (χ3n) is 4.84. The predicted octanol–water partition coefficient (Wildman–Crippen LogP) is 4.87. The number of rotatable bonds is 5. The number of carbonyl (C=O) groups is 1. The maximum absolute atomic E-state index is 12.7. The minimum atomic E-state index is -3.75. The van der Waals surface area contributed by atoms with Gasteiger partial charge >= 0.3 is 0 Å². The van der Waals surface area contributed by atoms with Crippen LogP contribution in [0.4, 0.5) is 10.8 Å². The average Bonchev–Trinajstić information content (AvgIpc) is 3.31. The third kappa shape index (κ3) is 3.81. The Hall–Kier alpha value is -3.17. The van der Waals surface area contributed by atoms with E-state index in [1.165, 1.54) is 41.8 Å². The van der Waals surface area contributed by atoms with Crippen LogP contribution in [0.15, 0.2) is 57.3 Å². The number of anilines is 2. The first kappa shape index (κ1) is 20.1. The molecule has 7 nitrogen and oxygen atoms in total. The van der Waals surface area contributed by atoms with E-state index in [4.69, 9.17) is 4.42 Å². The Bertz CT molecular complexity index is 1340. The number of aromatic nitrogens is 1. The zero-order valence-electron chi connectivity index (χ0n) is 16.5. The molecule has 0 atom stereocenters. The van der Waals surface area contributed by atoms with Crippen LogP contribution >= 0.6 is 11.3 Å². The highest BCUT2D eigenvalue weighted by atomic mass is 32.2. The number of amides is 1. The molecular weight excluding hydrogens is 422 g/mol. The number of aryl methyl sites for hydroxylation is 3. The van der Waals surface area contributed by atoms with Crippen LogP contribution < -0.4 is 10.0 Å². The molecule has 2 N–H and O–H groups in total. The van der Waals surface area contributed by atoms with Crippen molar-refractivity contribution >= 4 is 49.1 Å². The molecule has 2 aromatic carbocycles. The molecule has 2 heterocycles. The average molecular weight is 442 g/mol. The second-order valence-electron chi connectivity index (χ2n) is 6.91. The number of fused-ring (bicyclic) bond motifs is 1. The Morgan fingerprint density at radius 1 is 1.07 bits per heavy atom. The summed E-state index contributed by atoms with van der Waals surface area (Å²) in [5.74, 6) is -0.160. The fourth-order valence-electron chi connectivity index (χ4n) is 3.05. The lowest BCUT2D eigenvalue weighted by Crippen LogP contribution is -2.14. The Labute approximate surface area is 177 Å². The SMILES string of the molecule is Cc1cc2oc(C(=O)Nc3ccc(S(=O)(=O)Nc4nccs4)cc3)c(C)c2cc1C. The normalized spacial score (nSPS) is 11.6. The third-order valence-corrected chi connectivity index (χ3v) is 7.01. The lowest BCUT2D eigenvalue weighted by atomic mass is 10.1. The van der Waals surface area contributed by atoms with Gasteiger partial charge < -0.3 is 9.73 Å². The Balaban J connectivity index is 1.54. The van der Waals surface area contributed by atoms with Crippen molar-refractivity contribution in [3.05, 3.63) is 70.4 Å². The van der Waals surface area contributed by atoms with Crippen molar-refractivity contribution in [1.29, 1.82) is 0 Å². The van der Waals surface area contributed by atoms with Crippen LogP contribution in [0.5, 0.6) is 0 Å². The van der Waals surface area contributed by atoms with E-state index >= 15 is 0 Å². The highest BCUT2D eigenvalue weighted by Crippen LogP contribution is 2.29. The number of benzene rings is 2. The van der Waals surface area contributed by atoms with Crippen LogP contribution in [0, 0.1) is 20.8 Å². The molecule has 0 fully saturated rings. The Kier molecular flexibility index (Phi) is 5.08. The van der Waals surface area contributed by atoms with Gasteiger partial charge in [-0.3, -0.25) is 9.52 Å². The van der Waals surface area contributed by atoms with Crippen molar-refractivity contribution in [2.45, 2.75) is 25.7 Å². The molecule has 0 saturated carbocycles. The number of thiazole rings is 1. The van der Waals surface area contributed by atoms with E-state index in [0.717, 1.165) is 22.1 Å². The lowest BCUT2D eigenvalue weighted by Gasteiger charge is -2.07. The van der Waals surface area contributed by atoms with Gasteiger partial charge in [-0.25, -0.2) is 13.4 Å². The quantitative estimate of drug-likeness (QED) is 0.460. The first-order chi connectivity index (χ1) is 14.2. The summed E-state index contributed by atoms with van der Waals surface area (Å²) >= 11 is 1.19. The van der Waals surface area contributed by atoms with Crippen molar-refractivity contribution in [3.8, 4) is 0 Å². The number of nitrogens with zero attached hydrogens (tertiary/aromatic N) is 1. The van der Waals surface area contributed by atoms with Gasteiger partial charge in [0.15, 0.2) is 10.9 Å². The van der Waals surface area contributed by atoms with Crippen LogP contribution in [0.25, 0.3) is 11.0 Å². The summed E-state index contributed by atoms with van der Waals surface area (Å²) in [5, 5.41) is 5.63. The molecule has 2 aromatic heterocycles. The van der Waals surface area contributed by atoms with Gasteiger partial charge in [0.1, 0.15) is 5.58 Å². The van der Waals surface area contributed by atoms with Crippen molar-refractivity contribution in [3.63, 3.8) is 0 Å². The molecule has 0 aliphatic carbocycles. The number of carbonyl (C=O) groups excluding carboxylic acids is 1. The van der Waals surface area contributed by atoms with Gasteiger partial charge in [0, 0.05) is 28.2 Å². The summed E-state index contributed by atoms with van der Waals surface area (Å²) in [5.41, 5.74) is 4.10. The topological polar surface area (TPSA) is 101 Å². The van der Waals surface area contributed by atoms with E-state index in [2.05, 4.69) is 15.0 Å². The number of hydrogen-bond acceptors (Lipinski definition) is 6. The number of nitrogens with one attached hydrogen (secondary N) is 2. The smallest absolute Gasteiger partial charge is 0.291 e. The zero-order valence-corrected chi connectivity index (χ0v) is 18.1. The van der Waals surface area contributed by atoms with E-state index < -0.39 is 15.9 Å². The van der Waals surface area contributed by atoms with E-state index in [9.17, 15) is 13.2 Å². The molecule has 0 radical (unpaired) electrons. The molecule has 9 heteroatoms. The second kappa shape index (κ2) is 7.58. The molecule has 0 unspecified atom stereocenters. The molecule has 0 aliphatic rings. The first-order valence-electron chi connectivity index (χ1n) is 9.08. The summed E-state index contributed by atoms with van der Waals surface area (Å²) in [4.78, 5) is 16.7. The van der Waals surface area contributed by atoms with Crippen molar-refractivity contribution in [1.82, 2.24) is 4.98 Å². The summed E-state index contributed by atoms with van der Waals surface area (Å²) in [7, 11) is -3.75. The Morgan fingerprint density at radius 3 is 2.43 bits per heavy atom. The van der Waals surface area contributed by atoms with Crippen LogP contribution in [0.3, 0.4) is 0 Å². The maximum Gasteiger partial charge on any atom is 0.291 e. The number of hydrogen-bond donors (Lipinski definition) is 2. The molecule has 0 aliphatic heterocycles. The highest BCUT2D eigenvalue weighted by Gasteiger charge is 2.19. The minimum Gasteiger partial charge on any atom is -0.451 e. The molecule has 0 spiro atoms. The van der Waals surface area contributed by atoms with Gasteiger partial charge in [0.05, 0.1) is 4.90 Å². The van der Waals surface area contributed by atoms with Crippen LogP contribution in [0.1, 0.15) is 27.2 Å². The van der Waals surface area contributed by atoms with E-state index in [0.29, 0.717) is 16.4 Å². The van der Waals surface area contributed by atoms with E-state index in [1.807, 2.05) is 32.9 Å². The van der Waals surface area contributed by atoms with Gasteiger partial charge in [0.2, 0.25) is 0 Å². The number of furan rings is 1. The van der Waals surface area contributed by atoms with Gasteiger partial charge in [-0.2, -0.15) is 0 Å². The van der Waals surface area contributed by atoms with Crippen LogP contribution in [-0.2, 0) is 10.0 Å². The highest BCUT2D eigenvalue weighted by molar-refractivity contribution is 7.93. The number of sulfonamides is 1. The fourth-order valence-corrected chi connectivity index (χ4v) is 4.83.